The highest BCUT2D eigenvalue weighted by Crippen LogP contribution is 2.33. The quantitative estimate of drug-likeness (QED) is 0.905. The van der Waals surface area contributed by atoms with Crippen LogP contribution in [-0.2, 0) is 9.47 Å². The largest absolute Gasteiger partial charge is 0.497 e. The molecule has 6 heteroatoms. The highest BCUT2D eigenvalue weighted by Gasteiger charge is 2.32. The molecule has 2 heterocycles. The summed E-state index contributed by atoms with van der Waals surface area (Å²) >= 11 is 6.37. The van der Waals surface area contributed by atoms with Crippen LogP contribution in [0.1, 0.15) is 12.8 Å². The molecule has 0 radical (unpaired) electrons. The van der Waals surface area contributed by atoms with Crippen LogP contribution < -0.4 is 10.1 Å². The zero-order valence-corrected chi connectivity index (χ0v) is 14.2. The Balaban J connectivity index is 1.90. The number of nitrogens with one attached hydrogen (secondary N) is 1. The van der Waals surface area contributed by atoms with Crippen molar-refractivity contribution in [2.45, 2.75) is 18.4 Å². The lowest BCUT2D eigenvalue weighted by molar-refractivity contribution is -0.0807. The number of hydrogen-bond acceptors (Lipinski definition) is 5. The standard InChI is InChI=1S/C17H21ClN2O3/c1-21-12-3-4-15-13(9-12)16(14(18)10-19-15)20-11-17(22-2)5-7-23-8-6-17/h3-4,9-10H,5-8,11H2,1-2H3,(H,19,20). The van der Waals surface area contributed by atoms with Gasteiger partial charge < -0.3 is 19.5 Å². The van der Waals surface area contributed by atoms with Gasteiger partial charge in [-0.3, -0.25) is 4.98 Å². The van der Waals surface area contributed by atoms with Crippen LogP contribution in [0.3, 0.4) is 0 Å². The minimum Gasteiger partial charge on any atom is -0.497 e. The summed E-state index contributed by atoms with van der Waals surface area (Å²) in [7, 11) is 3.40. The van der Waals surface area contributed by atoms with Crippen molar-refractivity contribution in [2.75, 3.05) is 39.3 Å². The molecule has 0 spiro atoms. The first kappa shape index (κ1) is 16.3. The fourth-order valence-corrected chi connectivity index (χ4v) is 3.12. The molecule has 23 heavy (non-hydrogen) atoms. The van der Waals surface area contributed by atoms with Crippen molar-refractivity contribution in [1.82, 2.24) is 4.98 Å². The first-order valence-corrected chi connectivity index (χ1v) is 8.04. The van der Waals surface area contributed by atoms with E-state index in [1.54, 1.807) is 20.4 Å². The minimum atomic E-state index is -0.226. The van der Waals surface area contributed by atoms with Crippen molar-refractivity contribution in [3.05, 3.63) is 29.4 Å². The van der Waals surface area contributed by atoms with Crippen LogP contribution in [0.25, 0.3) is 10.9 Å². The monoisotopic (exact) mass is 336 g/mol. The number of aromatic nitrogens is 1. The summed E-state index contributed by atoms with van der Waals surface area (Å²) in [6, 6.07) is 5.76. The first-order valence-electron chi connectivity index (χ1n) is 7.66. The summed E-state index contributed by atoms with van der Waals surface area (Å²) in [4.78, 5) is 4.37. The van der Waals surface area contributed by atoms with E-state index >= 15 is 0 Å². The van der Waals surface area contributed by atoms with Crippen molar-refractivity contribution in [3.63, 3.8) is 0 Å². The van der Waals surface area contributed by atoms with Crippen LogP contribution in [-0.4, -0.2) is 44.6 Å². The van der Waals surface area contributed by atoms with Gasteiger partial charge in [0.05, 0.1) is 28.9 Å². The van der Waals surface area contributed by atoms with Gasteiger partial charge in [-0.2, -0.15) is 0 Å². The second-order valence-corrected chi connectivity index (χ2v) is 6.12. The van der Waals surface area contributed by atoms with E-state index in [0.29, 0.717) is 24.8 Å². The predicted molar refractivity (Wildman–Crippen MR) is 91.6 cm³/mol. The maximum absolute atomic E-state index is 6.37. The van der Waals surface area contributed by atoms with Crippen LogP contribution in [0.5, 0.6) is 5.75 Å². The highest BCUT2D eigenvalue weighted by molar-refractivity contribution is 6.34. The van der Waals surface area contributed by atoms with E-state index in [9.17, 15) is 0 Å². The number of rotatable bonds is 5. The molecule has 0 atom stereocenters. The highest BCUT2D eigenvalue weighted by atomic mass is 35.5. The SMILES string of the molecule is COc1ccc2ncc(Cl)c(NCC3(OC)CCOCC3)c2c1. The van der Waals surface area contributed by atoms with Gasteiger partial charge in [0.2, 0.25) is 0 Å². The third-order valence-electron chi connectivity index (χ3n) is 4.45. The lowest BCUT2D eigenvalue weighted by Crippen LogP contribution is -2.44. The summed E-state index contributed by atoms with van der Waals surface area (Å²) in [6.07, 6.45) is 3.39. The molecule has 0 saturated carbocycles. The summed E-state index contributed by atoms with van der Waals surface area (Å²) in [6.45, 7) is 2.10. The molecule has 1 aliphatic heterocycles. The topological polar surface area (TPSA) is 52.6 Å². The van der Waals surface area contributed by atoms with Gasteiger partial charge in [-0.05, 0) is 18.2 Å². The second kappa shape index (κ2) is 6.91. The molecule has 1 saturated heterocycles. The van der Waals surface area contributed by atoms with Gasteiger partial charge in [0, 0.05) is 51.3 Å². The lowest BCUT2D eigenvalue weighted by Gasteiger charge is -2.36. The number of ether oxygens (including phenoxy) is 3. The summed E-state index contributed by atoms with van der Waals surface area (Å²) in [5, 5.41) is 4.99. The molecule has 0 bridgehead atoms. The average Bonchev–Trinajstić information content (AvgIpc) is 2.61. The fraction of sp³-hybridized carbons (Fsp3) is 0.471. The van der Waals surface area contributed by atoms with E-state index < -0.39 is 0 Å². The van der Waals surface area contributed by atoms with E-state index in [-0.39, 0.29) is 5.60 Å². The third kappa shape index (κ3) is 3.37. The van der Waals surface area contributed by atoms with Gasteiger partial charge in [0.15, 0.2) is 0 Å². The van der Waals surface area contributed by atoms with Crippen LogP contribution in [0, 0.1) is 0 Å². The molecular weight excluding hydrogens is 316 g/mol. The molecular formula is C17H21ClN2O3. The average molecular weight is 337 g/mol. The maximum Gasteiger partial charge on any atom is 0.119 e. The Labute approximate surface area is 140 Å². The molecule has 1 aromatic heterocycles. The van der Waals surface area contributed by atoms with Gasteiger partial charge in [-0.25, -0.2) is 0 Å². The molecule has 2 aromatic rings. The van der Waals surface area contributed by atoms with Crippen molar-refractivity contribution >= 4 is 28.2 Å². The number of anilines is 1. The Kier molecular flexibility index (Phi) is 4.90. The molecule has 3 rings (SSSR count). The number of benzene rings is 1. The maximum atomic E-state index is 6.37. The normalized spacial score (nSPS) is 17.2. The number of nitrogens with zero attached hydrogens (tertiary/aromatic N) is 1. The van der Waals surface area contributed by atoms with Crippen LogP contribution in [0.2, 0.25) is 5.02 Å². The Hall–Kier alpha value is -1.56. The van der Waals surface area contributed by atoms with Gasteiger partial charge >= 0.3 is 0 Å². The predicted octanol–water partition coefficient (Wildman–Crippen LogP) is 3.50. The fourth-order valence-electron chi connectivity index (χ4n) is 2.90. The first-order chi connectivity index (χ1) is 11.2. The smallest absolute Gasteiger partial charge is 0.119 e. The molecule has 1 fully saturated rings. The number of fused-ring (bicyclic) bond motifs is 1. The number of pyridine rings is 1. The minimum absolute atomic E-state index is 0.226. The molecule has 1 N–H and O–H groups in total. The molecule has 124 valence electrons. The molecule has 0 aliphatic carbocycles. The third-order valence-corrected chi connectivity index (χ3v) is 4.74. The van der Waals surface area contributed by atoms with E-state index in [4.69, 9.17) is 25.8 Å². The van der Waals surface area contributed by atoms with Crippen LogP contribution >= 0.6 is 11.6 Å². The van der Waals surface area contributed by atoms with Crippen LogP contribution in [0.4, 0.5) is 5.69 Å². The Morgan fingerprint density at radius 1 is 1.30 bits per heavy atom. The Morgan fingerprint density at radius 3 is 2.78 bits per heavy atom. The van der Waals surface area contributed by atoms with E-state index in [1.807, 2.05) is 18.2 Å². The molecule has 0 amide bonds. The number of methoxy groups -OCH3 is 2. The van der Waals surface area contributed by atoms with E-state index in [1.165, 1.54) is 0 Å². The van der Waals surface area contributed by atoms with Gasteiger partial charge in [-0.1, -0.05) is 11.6 Å². The van der Waals surface area contributed by atoms with Gasteiger partial charge in [0.25, 0.3) is 0 Å². The van der Waals surface area contributed by atoms with Crippen molar-refractivity contribution in [3.8, 4) is 5.75 Å². The van der Waals surface area contributed by atoms with Gasteiger partial charge in [-0.15, -0.1) is 0 Å². The number of halogens is 1. The lowest BCUT2D eigenvalue weighted by atomic mass is 9.94. The van der Waals surface area contributed by atoms with Crippen molar-refractivity contribution in [2.24, 2.45) is 0 Å². The second-order valence-electron chi connectivity index (χ2n) is 5.72. The summed E-state index contributed by atoms with van der Waals surface area (Å²) in [5.41, 5.74) is 1.50. The molecule has 5 nitrogen and oxygen atoms in total. The van der Waals surface area contributed by atoms with E-state index in [0.717, 1.165) is 35.2 Å². The molecule has 1 aliphatic rings. The Bertz CT molecular complexity index is 687. The van der Waals surface area contributed by atoms with Crippen molar-refractivity contribution < 1.29 is 14.2 Å². The molecule has 0 unspecified atom stereocenters. The number of hydrogen-bond donors (Lipinski definition) is 1. The summed E-state index contributed by atoms with van der Waals surface area (Å²) in [5.74, 6) is 0.775. The summed E-state index contributed by atoms with van der Waals surface area (Å²) < 4.78 is 16.5. The Morgan fingerprint density at radius 2 is 2.09 bits per heavy atom. The van der Waals surface area contributed by atoms with E-state index in [2.05, 4.69) is 10.3 Å². The zero-order chi connectivity index (χ0) is 16.3. The van der Waals surface area contributed by atoms with Crippen molar-refractivity contribution in [1.29, 1.82) is 0 Å². The zero-order valence-electron chi connectivity index (χ0n) is 13.4. The molecule has 1 aromatic carbocycles. The van der Waals surface area contributed by atoms with Gasteiger partial charge in [0.1, 0.15) is 5.75 Å². The van der Waals surface area contributed by atoms with Crippen LogP contribution in [0.15, 0.2) is 24.4 Å².